The van der Waals surface area contributed by atoms with E-state index in [1.165, 1.54) is 21.8 Å². The molecule has 0 radical (unpaired) electrons. The maximum atomic E-state index is 14.6. The van der Waals surface area contributed by atoms with Gasteiger partial charge in [-0.1, -0.05) is 212 Å². The van der Waals surface area contributed by atoms with Crippen molar-refractivity contribution < 1.29 is 0 Å². The Morgan fingerprint density at radius 2 is 0.566 bits per heavy atom. The van der Waals surface area contributed by atoms with E-state index in [0.29, 0.717) is 28.4 Å². The van der Waals surface area contributed by atoms with E-state index in [0.717, 1.165) is 99.1 Å². The van der Waals surface area contributed by atoms with Crippen LogP contribution in [0.25, 0.3) is 149 Å². The van der Waals surface area contributed by atoms with Crippen molar-refractivity contribution in [3.63, 3.8) is 0 Å². The van der Waals surface area contributed by atoms with Crippen molar-refractivity contribution >= 4 is 87.0 Å². The van der Waals surface area contributed by atoms with E-state index in [4.69, 9.17) is 15.0 Å². The number of fused-ring (bicyclic) bond motifs is 12. The number of para-hydroxylation sites is 5. The predicted molar refractivity (Wildman–Crippen MR) is 343 cm³/mol. The van der Waals surface area contributed by atoms with E-state index in [1.807, 2.05) is 66.7 Å². The highest BCUT2D eigenvalue weighted by Gasteiger charge is 2.20. The largest absolute Gasteiger partial charge is 0.309 e. The predicted octanol–water partition coefficient (Wildman–Crippen LogP) is 18.6. The third-order valence-corrected chi connectivity index (χ3v) is 16.3. The Morgan fingerprint density at radius 3 is 1.10 bits per heavy atom. The summed E-state index contributed by atoms with van der Waals surface area (Å²) in [4.78, 5) is 30.4. The Morgan fingerprint density at radius 1 is 0.217 bits per heavy atom. The second-order valence-corrected chi connectivity index (χ2v) is 21.1. The molecule has 0 N–H and O–H groups in total. The molecule has 0 aliphatic carbocycles. The average molecular weight is 1060 g/mol. The van der Waals surface area contributed by atoms with Gasteiger partial charge >= 0.3 is 0 Å². The van der Waals surface area contributed by atoms with Crippen LogP contribution in [0.2, 0.25) is 0 Å². The second kappa shape index (κ2) is 19.5. The number of benzene rings is 12. The molecule has 0 amide bonds. The van der Waals surface area contributed by atoms with Crippen molar-refractivity contribution in [2.24, 2.45) is 0 Å². The summed E-state index contributed by atoms with van der Waals surface area (Å²) in [5.74, 6) is 1.69. The van der Waals surface area contributed by atoms with Crippen LogP contribution in [0.3, 0.4) is 0 Å². The lowest BCUT2D eigenvalue weighted by molar-refractivity contribution is 0.953. The molecule has 12 aromatic carbocycles. The fourth-order valence-corrected chi connectivity index (χ4v) is 12.5. The fourth-order valence-electron chi connectivity index (χ4n) is 12.5. The summed E-state index contributed by atoms with van der Waals surface area (Å²) >= 11 is 0. The molecule has 16 rings (SSSR count). The lowest BCUT2D eigenvalue weighted by Gasteiger charge is -2.16. The highest BCUT2D eigenvalue weighted by molar-refractivity contribution is 6.14. The molecule has 16 aromatic rings. The Kier molecular flexibility index (Phi) is 11.2. The van der Waals surface area contributed by atoms with Crippen LogP contribution in [0.4, 0.5) is 0 Å². The molecular formula is C76H48N6O. The molecule has 0 aliphatic heterocycles. The van der Waals surface area contributed by atoms with Gasteiger partial charge in [-0.2, -0.15) is 9.97 Å². The first-order valence-electron chi connectivity index (χ1n) is 28.0. The zero-order valence-corrected chi connectivity index (χ0v) is 44.8. The number of aromatic nitrogens is 6. The summed E-state index contributed by atoms with van der Waals surface area (Å²) in [6, 6.07) is 101. The Hall–Kier alpha value is -11.3. The minimum Gasteiger partial charge on any atom is -0.309 e. The summed E-state index contributed by atoms with van der Waals surface area (Å²) in [6.07, 6.45) is 0. The van der Waals surface area contributed by atoms with Gasteiger partial charge in [-0.25, -0.2) is 4.98 Å². The van der Waals surface area contributed by atoms with Crippen LogP contribution in [0, 0.1) is 0 Å². The van der Waals surface area contributed by atoms with E-state index in [1.54, 1.807) is 0 Å². The van der Waals surface area contributed by atoms with Crippen LogP contribution >= 0.6 is 0 Å². The van der Waals surface area contributed by atoms with Gasteiger partial charge in [0.05, 0.1) is 33.1 Å². The molecule has 0 unspecified atom stereocenters. The minimum atomic E-state index is 0.00127. The lowest BCUT2D eigenvalue weighted by Crippen LogP contribution is -2.06. The molecule has 0 aliphatic rings. The normalized spacial score (nSPS) is 11.7. The first kappa shape index (κ1) is 47.7. The van der Waals surface area contributed by atoms with E-state index in [9.17, 15) is 4.79 Å². The monoisotopic (exact) mass is 1060 g/mol. The van der Waals surface area contributed by atoms with Gasteiger partial charge in [0.15, 0.2) is 17.1 Å². The standard InChI is InChI=1S/C76H48N6O/c83-73-63-32-9-7-26-57(63)59-28-11-15-34-67(59)81(68-35-16-12-29-60(68)58-27-8-10-33-64(58)73)56-42-38-49(39-43-56)51-22-19-23-54(46-51)75-77-74(50-20-3-1-4-21-50)78-76(79-75)82-70-37-18-14-31-62(70)66-48-53(41-45-72(66)82)52-40-44-71-65(47-52)61-30-13-17-36-69(61)80(71)55-24-5-2-6-25-55/h1-48H. The summed E-state index contributed by atoms with van der Waals surface area (Å²) < 4.78 is 6.87. The van der Waals surface area contributed by atoms with Gasteiger partial charge in [-0.05, 0) is 112 Å². The molecule has 0 atom stereocenters. The van der Waals surface area contributed by atoms with Gasteiger partial charge in [0.2, 0.25) is 5.95 Å². The Balaban J connectivity index is 0.824. The highest BCUT2D eigenvalue weighted by Crippen LogP contribution is 2.39. The number of hydrogen-bond donors (Lipinski definition) is 0. The summed E-state index contributed by atoms with van der Waals surface area (Å²) in [5, 5.41) is 9.70. The molecule has 0 saturated carbocycles. The third kappa shape index (κ3) is 7.97. The van der Waals surface area contributed by atoms with Crippen LogP contribution in [0.5, 0.6) is 0 Å². The van der Waals surface area contributed by atoms with Crippen LogP contribution in [-0.2, 0) is 0 Å². The molecule has 0 saturated heterocycles. The molecule has 0 spiro atoms. The van der Waals surface area contributed by atoms with Gasteiger partial charge < -0.3 is 9.13 Å². The van der Waals surface area contributed by atoms with Crippen molar-refractivity contribution in [3.05, 3.63) is 301 Å². The summed E-state index contributed by atoms with van der Waals surface area (Å²) in [7, 11) is 0. The Bertz CT molecular complexity index is 5300. The molecule has 7 heteroatoms. The van der Waals surface area contributed by atoms with Gasteiger partial charge in [-0.15, -0.1) is 0 Å². The van der Waals surface area contributed by atoms with E-state index in [-0.39, 0.29) is 5.43 Å². The Labute approximate surface area is 476 Å². The maximum absolute atomic E-state index is 14.6. The molecule has 83 heavy (non-hydrogen) atoms. The second-order valence-electron chi connectivity index (χ2n) is 21.1. The zero-order chi connectivity index (χ0) is 55.0. The molecular weight excluding hydrogens is 1010 g/mol. The quantitative estimate of drug-likeness (QED) is 0.159. The fraction of sp³-hybridized carbons (Fsp3) is 0. The smallest absolute Gasteiger partial charge is 0.238 e. The van der Waals surface area contributed by atoms with Gasteiger partial charge in [0, 0.05) is 65.6 Å². The third-order valence-electron chi connectivity index (χ3n) is 16.3. The number of nitrogens with zero attached hydrogens (tertiary/aromatic N) is 6. The van der Waals surface area contributed by atoms with Crippen molar-refractivity contribution in [1.29, 1.82) is 0 Å². The summed E-state index contributed by atoms with van der Waals surface area (Å²) in [6.45, 7) is 0. The van der Waals surface area contributed by atoms with E-state index < -0.39 is 0 Å². The van der Waals surface area contributed by atoms with Gasteiger partial charge in [0.1, 0.15) is 0 Å². The average Bonchev–Trinajstić information content (AvgIpc) is 3.20. The van der Waals surface area contributed by atoms with E-state index in [2.05, 4.69) is 238 Å². The molecule has 388 valence electrons. The first-order chi connectivity index (χ1) is 41.1. The maximum Gasteiger partial charge on any atom is 0.238 e. The van der Waals surface area contributed by atoms with Crippen molar-refractivity contribution in [2.45, 2.75) is 0 Å². The highest BCUT2D eigenvalue weighted by atomic mass is 16.1. The lowest BCUT2D eigenvalue weighted by atomic mass is 10.0. The van der Waals surface area contributed by atoms with Gasteiger partial charge in [0.25, 0.3) is 0 Å². The molecule has 0 bridgehead atoms. The minimum absolute atomic E-state index is 0.00127. The van der Waals surface area contributed by atoms with Crippen LogP contribution in [0.1, 0.15) is 0 Å². The topological polar surface area (TPSA) is 70.5 Å². The van der Waals surface area contributed by atoms with E-state index >= 15 is 0 Å². The SMILES string of the molecule is O=c1c2ccccc2c2ccccc2n(-c2ccc(-c3cccc(-c4nc(-c5ccccc5)nc(-n5c6ccccc6c6cc(-c7ccc8c(c7)c7ccccc7n8-c7ccccc7)ccc65)n4)c3)cc2)c2ccccc2c2ccccc12. The molecule has 7 nitrogen and oxygen atoms in total. The van der Waals surface area contributed by atoms with Crippen molar-refractivity contribution in [1.82, 2.24) is 28.7 Å². The molecule has 4 aromatic heterocycles. The molecule has 4 heterocycles. The first-order valence-corrected chi connectivity index (χ1v) is 28.0. The van der Waals surface area contributed by atoms with Crippen LogP contribution in [-0.4, -0.2) is 28.7 Å². The summed E-state index contributed by atoms with van der Waals surface area (Å²) in [5.41, 5.74) is 14.5. The number of hydrogen-bond acceptors (Lipinski definition) is 4. The molecule has 0 fully saturated rings. The van der Waals surface area contributed by atoms with Gasteiger partial charge in [-0.3, -0.25) is 9.36 Å². The van der Waals surface area contributed by atoms with Crippen LogP contribution < -0.4 is 5.43 Å². The number of rotatable bonds is 7. The zero-order valence-electron chi connectivity index (χ0n) is 44.8. The van der Waals surface area contributed by atoms with Crippen molar-refractivity contribution in [3.8, 4) is 62.4 Å². The van der Waals surface area contributed by atoms with Crippen LogP contribution in [0.15, 0.2) is 296 Å². The van der Waals surface area contributed by atoms with Crippen molar-refractivity contribution in [2.75, 3.05) is 0 Å².